The van der Waals surface area contributed by atoms with E-state index in [-0.39, 0.29) is 28.2 Å². The molecular formula is C19H22O9. The first-order valence-electron chi connectivity index (χ1n) is 8.20. The number of carboxylic acid groups (broad SMARTS) is 1. The molecule has 0 heterocycles. The van der Waals surface area contributed by atoms with Crippen molar-refractivity contribution in [3.63, 3.8) is 0 Å². The molecule has 152 valence electrons. The van der Waals surface area contributed by atoms with Crippen molar-refractivity contribution in [3.05, 3.63) is 40.4 Å². The fraction of sp³-hybridized carbons (Fsp3) is 0.368. The van der Waals surface area contributed by atoms with E-state index in [0.717, 1.165) is 12.1 Å². The number of carbonyl (C=O) groups is 2. The van der Waals surface area contributed by atoms with Gasteiger partial charge in [-0.15, -0.1) is 0 Å². The molecule has 0 fully saturated rings. The zero-order valence-electron chi connectivity index (χ0n) is 16.1. The van der Waals surface area contributed by atoms with E-state index < -0.39 is 40.5 Å². The molecule has 0 radical (unpaired) electrons. The molecule has 1 aromatic rings. The van der Waals surface area contributed by atoms with E-state index in [1.807, 2.05) is 0 Å². The Bertz CT molecular complexity index is 874. The second kappa shape index (κ2) is 7.43. The van der Waals surface area contributed by atoms with Gasteiger partial charge in [0.2, 0.25) is 5.78 Å². The molecule has 0 saturated carbocycles. The smallest absolute Gasteiger partial charge is 0.332 e. The monoisotopic (exact) mass is 394 g/mol. The number of aromatic hydroxyl groups is 3. The first-order chi connectivity index (χ1) is 13.1. The number of benzene rings is 1. The van der Waals surface area contributed by atoms with Gasteiger partial charge < -0.3 is 34.6 Å². The number of allylic oxidation sites excluding steroid dienone is 1. The van der Waals surface area contributed by atoms with Crippen molar-refractivity contribution in [3.8, 4) is 17.2 Å². The molecule has 0 spiro atoms. The number of rotatable bonds is 6. The number of phenolic OH excluding ortho intramolecular Hbond substituents is 3. The third-order valence-corrected chi connectivity index (χ3v) is 4.96. The lowest BCUT2D eigenvalue weighted by Gasteiger charge is -2.41. The Balaban J connectivity index is 2.85. The van der Waals surface area contributed by atoms with Gasteiger partial charge in [0.25, 0.3) is 0 Å². The van der Waals surface area contributed by atoms with E-state index in [1.165, 1.54) is 35.2 Å². The van der Waals surface area contributed by atoms with Gasteiger partial charge in [0.15, 0.2) is 34.4 Å². The Hall–Kier alpha value is -3.20. The maximum Gasteiger partial charge on any atom is 0.332 e. The molecule has 2 atom stereocenters. The van der Waals surface area contributed by atoms with Crippen LogP contribution in [-0.4, -0.2) is 59.1 Å². The standard InChI is InChI=1S/C19H22O9/c1-8-13(18(24)25)9(2)19(28-5,17(27-4)15(8)26-3)16(23)10-6-11(20)14(22)12(21)7-10/h6-7,9,20-22H,1-5H3,(H,24,25). The van der Waals surface area contributed by atoms with Crippen LogP contribution in [0.2, 0.25) is 0 Å². The number of carboxylic acids is 1. The second-order valence-electron chi connectivity index (χ2n) is 6.26. The molecule has 0 saturated heterocycles. The fourth-order valence-corrected chi connectivity index (χ4v) is 3.63. The summed E-state index contributed by atoms with van der Waals surface area (Å²) < 4.78 is 16.3. The molecule has 2 rings (SSSR count). The van der Waals surface area contributed by atoms with E-state index in [9.17, 15) is 30.0 Å². The van der Waals surface area contributed by atoms with E-state index in [0.29, 0.717) is 0 Å². The molecule has 28 heavy (non-hydrogen) atoms. The number of methoxy groups -OCH3 is 3. The summed E-state index contributed by atoms with van der Waals surface area (Å²) in [5.41, 5.74) is -2.02. The van der Waals surface area contributed by atoms with Gasteiger partial charge in [0.1, 0.15) is 0 Å². The minimum absolute atomic E-state index is 0.0282. The Labute approximate surface area is 161 Å². The Morgan fingerprint density at radius 3 is 1.96 bits per heavy atom. The van der Waals surface area contributed by atoms with E-state index in [2.05, 4.69) is 0 Å². The van der Waals surface area contributed by atoms with E-state index >= 15 is 0 Å². The number of hydrogen-bond acceptors (Lipinski definition) is 8. The van der Waals surface area contributed by atoms with Crippen LogP contribution in [0, 0.1) is 5.92 Å². The summed E-state index contributed by atoms with van der Waals surface area (Å²) in [4.78, 5) is 25.4. The molecule has 0 amide bonds. The van der Waals surface area contributed by atoms with Crippen molar-refractivity contribution in [1.82, 2.24) is 0 Å². The zero-order valence-corrected chi connectivity index (χ0v) is 16.1. The Morgan fingerprint density at radius 2 is 1.57 bits per heavy atom. The average Bonchev–Trinajstić information content (AvgIpc) is 2.64. The topological polar surface area (TPSA) is 143 Å². The highest BCUT2D eigenvalue weighted by molar-refractivity contribution is 6.07. The van der Waals surface area contributed by atoms with Gasteiger partial charge in [-0.2, -0.15) is 0 Å². The van der Waals surface area contributed by atoms with Crippen LogP contribution in [0.1, 0.15) is 24.2 Å². The number of Topliss-reactive ketones (excluding diaryl/α,β-unsaturated/α-hetero) is 1. The number of phenols is 3. The summed E-state index contributed by atoms with van der Waals surface area (Å²) in [6, 6.07) is 1.88. The molecule has 4 N–H and O–H groups in total. The third-order valence-electron chi connectivity index (χ3n) is 4.96. The predicted octanol–water partition coefficient (Wildman–Crippen LogP) is 1.93. The predicted molar refractivity (Wildman–Crippen MR) is 96.1 cm³/mol. The van der Waals surface area contributed by atoms with Crippen LogP contribution in [-0.2, 0) is 19.0 Å². The summed E-state index contributed by atoms with van der Waals surface area (Å²) in [7, 11) is 3.80. The van der Waals surface area contributed by atoms with Crippen molar-refractivity contribution in [2.24, 2.45) is 5.92 Å². The summed E-state index contributed by atoms with van der Waals surface area (Å²) in [6.07, 6.45) is 0. The number of ether oxygens (including phenoxy) is 3. The summed E-state index contributed by atoms with van der Waals surface area (Å²) >= 11 is 0. The molecule has 1 aliphatic carbocycles. The lowest BCUT2D eigenvalue weighted by Crippen LogP contribution is -2.53. The molecule has 9 heteroatoms. The first-order valence-corrected chi connectivity index (χ1v) is 8.20. The van der Waals surface area contributed by atoms with Crippen molar-refractivity contribution in [1.29, 1.82) is 0 Å². The Morgan fingerprint density at radius 1 is 1.04 bits per heavy atom. The molecule has 1 aliphatic rings. The number of aliphatic carboxylic acids is 1. The highest BCUT2D eigenvalue weighted by atomic mass is 16.6. The van der Waals surface area contributed by atoms with Crippen LogP contribution < -0.4 is 0 Å². The normalized spacial score (nSPS) is 22.2. The van der Waals surface area contributed by atoms with Gasteiger partial charge in [0, 0.05) is 24.2 Å². The lowest BCUT2D eigenvalue weighted by molar-refractivity contribution is -0.134. The summed E-state index contributed by atoms with van der Waals surface area (Å²) in [6.45, 7) is 3.01. The quantitative estimate of drug-likeness (QED) is 0.420. The van der Waals surface area contributed by atoms with Gasteiger partial charge >= 0.3 is 5.97 Å². The van der Waals surface area contributed by atoms with Crippen molar-refractivity contribution in [2.75, 3.05) is 21.3 Å². The van der Waals surface area contributed by atoms with Crippen LogP contribution in [0.4, 0.5) is 0 Å². The van der Waals surface area contributed by atoms with Gasteiger partial charge in [-0.1, -0.05) is 6.92 Å². The van der Waals surface area contributed by atoms with Gasteiger partial charge in [-0.05, 0) is 19.1 Å². The SMILES string of the molecule is COC1=C(OC)C(OC)(C(=O)c2cc(O)c(O)c(O)c2)C(C)C(C(=O)O)=C1C. The minimum Gasteiger partial charge on any atom is -0.504 e. The maximum absolute atomic E-state index is 13.5. The maximum atomic E-state index is 13.5. The van der Waals surface area contributed by atoms with Gasteiger partial charge in [0.05, 0.1) is 19.8 Å². The Kier molecular flexibility index (Phi) is 5.60. The summed E-state index contributed by atoms with van der Waals surface area (Å²) in [5.74, 6) is -5.34. The molecule has 9 nitrogen and oxygen atoms in total. The molecule has 0 aromatic heterocycles. The number of hydrogen-bond donors (Lipinski definition) is 4. The largest absolute Gasteiger partial charge is 0.504 e. The van der Waals surface area contributed by atoms with Crippen molar-refractivity contribution >= 4 is 11.8 Å². The number of carbonyl (C=O) groups excluding carboxylic acids is 1. The fourth-order valence-electron chi connectivity index (χ4n) is 3.63. The molecule has 0 bridgehead atoms. The second-order valence-corrected chi connectivity index (χ2v) is 6.26. The number of ketones is 1. The van der Waals surface area contributed by atoms with E-state index in [1.54, 1.807) is 0 Å². The highest BCUT2D eigenvalue weighted by Gasteiger charge is 2.56. The van der Waals surface area contributed by atoms with Crippen LogP contribution in [0.15, 0.2) is 34.8 Å². The van der Waals surface area contributed by atoms with E-state index in [4.69, 9.17) is 14.2 Å². The molecule has 2 unspecified atom stereocenters. The highest BCUT2D eigenvalue weighted by Crippen LogP contribution is 2.47. The molecule has 0 aliphatic heterocycles. The van der Waals surface area contributed by atoms with Crippen molar-refractivity contribution < 1.29 is 44.2 Å². The summed E-state index contributed by atoms with van der Waals surface area (Å²) in [5, 5.41) is 38.8. The lowest BCUT2D eigenvalue weighted by atomic mass is 9.71. The molecular weight excluding hydrogens is 372 g/mol. The van der Waals surface area contributed by atoms with Gasteiger partial charge in [-0.25, -0.2) is 4.79 Å². The van der Waals surface area contributed by atoms with Crippen molar-refractivity contribution in [2.45, 2.75) is 19.4 Å². The van der Waals surface area contributed by atoms with Gasteiger partial charge in [-0.3, -0.25) is 4.79 Å². The average molecular weight is 394 g/mol. The minimum atomic E-state index is -1.96. The zero-order chi connectivity index (χ0) is 21.4. The van der Waals surface area contributed by atoms with Crippen LogP contribution in [0.5, 0.6) is 17.2 Å². The molecule has 1 aromatic carbocycles. The van der Waals surface area contributed by atoms with Crippen LogP contribution in [0.25, 0.3) is 0 Å². The van der Waals surface area contributed by atoms with Crippen LogP contribution >= 0.6 is 0 Å². The van der Waals surface area contributed by atoms with Crippen LogP contribution in [0.3, 0.4) is 0 Å². The first kappa shape index (κ1) is 21.1. The third kappa shape index (κ3) is 2.84.